The van der Waals surface area contributed by atoms with Crippen LogP contribution in [-0.2, 0) is 14.3 Å². The molecule has 0 radical (unpaired) electrons. The van der Waals surface area contributed by atoms with Gasteiger partial charge in [-0.2, -0.15) is 5.16 Å². The third kappa shape index (κ3) is 3.65. The Hall–Kier alpha value is -3.90. The Morgan fingerprint density at radius 1 is 1.15 bits per heavy atom. The molecule has 208 valence electrons. The van der Waals surface area contributed by atoms with Crippen molar-refractivity contribution in [1.29, 1.82) is 0 Å². The zero-order valence-corrected chi connectivity index (χ0v) is 21.9. The van der Waals surface area contributed by atoms with E-state index in [4.69, 9.17) is 14.0 Å². The molecule has 1 saturated carbocycles. The number of carbonyl (C=O) groups is 3. The molecule has 12 heteroatoms. The number of hydrogen-bond donors (Lipinski definition) is 4. The summed E-state index contributed by atoms with van der Waals surface area (Å²) in [5.74, 6) is -6.55. The fourth-order valence-electron chi connectivity index (χ4n) is 6.36. The molecular weight excluding hydrogens is 512 g/mol. The lowest BCUT2D eigenvalue weighted by Crippen LogP contribution is -2.69. The molecule has 1 aromatic heterocycles. The minimum absolute atomic E-state index is 0.0230. The van der Waals surface area contributed by atoms with Crippen LogP contribution in [0.2, 0.25) is 0 Å². The average molecular weight is 543 g/mol. The zero-order chi connectivity index (χ0) is 28.4. The highest BCUT2D eigenvalue weighted by atomic mass is 16.7. The largest absolute Gasteiger partial charge is 0.508 e. The molecule has 5 rings (SSSR count). The summed E-state index contributed by atoms with van der Waals surface area (Å²) in [6.45, 7) is 3.70. The Kier molecular flexibility index (Phi) is 6.42. The molecule has 0 saturated heterocycles. The van der Waals surface area contributed by atoms with Gasteiger partial charge in [-0.05, 0) is 38.1 Å². The molecule has 0 aliphatic heterocycles. The topological polar surface area (TPSA) is 180 Å². The fourth-order valence-corrected chi connectivity index (χ4v) is 6.36. The highest BCUT2D eigenvalue weighted by Gasteiger charge is 2.70. The number of ether oxygens (including phenoxy) is 2. The summed E-state index contributed by atoms with van der Waals surface area (Å²) in [4.78, 5) is 54.9. The van der Waals surface area contributed by atoms with E-state index in [2.05, 4.69) is 5.16 Å². The Morgan fingerprint density at radius 2 is 1.87 bits per heavy atom. The van der Waals surface area contributed by atoms with Crippen LogP contribution < -0.4 is 5.56 Å². The van der Waals surface area contributed by atoms with Crippen molar-refractivity contribution in [3.8, 4) is 5.75 Å². The van der Waals surface area contributed by atoms with E-state index in [9.17, 15) is 34.5 Å². The van der Waals surface area contributed by atoms with Crippen LogP contribution in [0.15, 0.2) is 33.1 Å². The standard InChI is InChI=1S/C27H30N2O10/c1-5-6-10-37-26(35)38-21-14-11(2)12-8-7-9-13(30)15(12)20(31)16(14)23(32)27(36)18(21)19(29(3)4)22-17(24(27)33)25(34)28-39-22/h7-9,11,14,18-19,21,30-31,36H,5-6,10H2,1-4H3,(H,28,34)/t11-,14+,18+,19-,21-,27-/m0/s1. The van der Waals surface area contributed by atoms with E-state index in [0.29, 0.717) is 12.0 Å². The van der Waals surface area contributed by atoms with Crippen LogP contribution in [0.1, 0.15) is 65.9 Å². The van der Waals surface area contributed by atoms with E-state index >= 15 is 0 Å². The molecule has 1 aromatic carbocycles. The Bertz CT molecular complexity index is 1450. The lowest BCUT2D eigenvalue weighted by atomic mass is 9.54. The minimum Gasteiger partial charge on any atom is -0.507 e. The minimum atomic E-state index is -2.91. The average Bonchev–Trinajstić information content (AvgIpc) is 3.26. The number of nitrogens with one attached hydrogen (secondary N) is 1. The van der Waals surface area contributed by atoms with Gasteiger partial charge in [0.2, 0.25) is 11.6 Å². The monoisotopic (exact) mass is 542 g/mol. The van der Waals surface area contributed by atoms with E-state index in [0.717, 1.165) is 6.42 Å². The number of fused-ring (bicyclic) bond motifs is 4. The molecular formula is C27H30N2O10. The van der Waals surface area contributed by atoms with Gasteiger partial charge in [0.25, 0.3) is 5.56 Å². The van der Waals surface area contributed by atoms with Crippen molar-refractivity contribution in [1.82, 2.24) is 10.1 Å². The molecule has 2 aromatic rings. The van der Waals surface area contributed by atoms with Crippen LogP contribution in [0, 0.1) is 11.8 Å². The summed E-state index contributed by atoms with van der Waals surface area (Å²) in [6.07, 6.45) is -1.15. The van der Waals surface area contributed by atoms with E-state index in [1.807, 2.05) is 6.92 Å². The normalized spacial score (nSPS) is 29.4. The van der Waals surface area contributed by atoms with E-state index in [-0.39, 0.29) is 29.3 Å². The summed E-state index contributed by atoms with van der Waals surface area (Å²) < 4.78 is 16.4. The Labute approximate surface area is 222 Å². The highest BCUT2D eigenvalue weighted by Crippen LogP contribution is 2.58. The number of phenols is 1. The molecule has 1 heterocycles. The molecule has 0 amide bonds. The number of phenolic OH excluding ortho intramolecular Hbond substituents is 1. The van der Waals surface area contributed by atoms with Crippen molar-refractivity contribution in [2.24, 2.45) is 11.8 Å². The number of aliphatic hydroxyl groups is 2. The first-order chi connectivity index (χ1) is 18.5. The van der Waals surface area contributed by atoms with Gasteiger partial charge in [-0.1, -0.05) is 32.4 Å². The number of hydrogen-bond acceptors (Lipinski definition) is 11. The molecule has 3 aliphatic carbocycles. The summed E-state index contributed by atoms with van der Waals surface area (Å²) >= 11 is 0. The predicted octanol–water partition coefficient (Wildman–Crippen LogP) is 2.43. The van der Waals surface area contributed by atoms with Gasteiger partial charge < -0.3 is 29.3 Å². The second kappa shape index (κ2) is 9.38. The number of carbonyl (C=O) groups excluding carboxylic acids is 3. The lowest BCUT2D eigenvalue weighted by molar-refractivity contribution is -0.160. The van der Waals surface area contributed by atoms with Crippen molar-refractivity contribution in [2.75, 3.05) is 20.7 Å². The molecule has 39 heavy (non-hydrogen) atoms. The van der Waals surface area contributed by atoms with Crippen molar-refractivity contribution >= 4 is 23.5 Å². The van der Waals surface area contributed by atoms with Crippen LogP contribution in [0.3, 0.4) is 0 Å². The van der Waals surface area contributed by atoms with Crippen molar-refractivity contribution in [2.45, 2.75) is 50.4 Å². The van der Waals surface area contributed by atoms with Gasteiger partial charge in [0.15, 0.2) is 11.4 Å². The molecule has 6 atom stereocenters. The number of aromatic amines is 1. The van der Waals surface area contributed by atoms with Crippen LogP contribution in [0.5, 0.6) is 5.75 Å². The fraction of sp³-hybridized carbons (Fsp3) is 0.481. The number of ketones is 2. The van der Waals surface area contributed by atoms with E-state index in [1.165, 1.54) is 6.07 Å². The number of aromatic hydroxyl groups is 1. The summed E-state index contributed by atoms with van der Waals surface area (Å²) in [5, 5.41) is 36.0. The highest BCUT2D eigenvalue weighted by molar-refractivity contribution is 6.26. The van der Waals surface area contributed by atoms with Crippen molar-refractivity contribution < 1.29 is 43.7 Å². The smallest absolute Gasteiger partial charge is 0.507 e. The maximum atomic E-state index is 14.2. The number of aromatic nitrogens is 1. The quantitative estimate of drug-likeness (QED) is 0.248. The van der Waals surface area contributed by atoms with Gasteiger partial charge in [0.05, 0.1) is 24.1 Å². The number of aliphatic hydroxyl groups excluding tert-OH is 1. The number of unbranched alkanes of at least 4 members (excludes halogenated alkanes) is 1. The summed E-state index contributed by atoms with van der Waals surface area (Å²) in [5.41, 5.74) is -4.30. The Morgan fingerprint density at radius 3 is 2.54 bits per heavy atom. The SMILES string of the molecule is CCCCOC(=O)O[C@H]1[C@H]2C(=C(O)c3c(O)cccc3[C@@H]2C)C(=O)[C@]2(O)C(=O)c3c(o[nH]c3=O)[C@@H](N(C)C)[C@H]12. The van der Waals surface area contributed by atoms with E-state index in [1.54, 1.807) is 38.1 Å². The Balaban J connectivity index is 1.77. The first-order valence-electron chi connectivity index (χ1n) is 12.7. The van der Waals surface area contributed by atoms with Gasteiger partial charge in [0, 0.05) is 11.5 Å². The molecule has 0 bridgehead atoms. The van der Waals surface area contributed by atoms with E-state index < -0.39 is 70.1 Å². The lowest BCUT2D eigenvalue weighted by Gasteiger charge is -2.53. The number of benzene rings is 1. The molecule has 0 unspecified atom stereocenters. The molecule has 12 nitrogen and oxygen atoms in total. The number of H-pyrrole nitrogens is 1. The molecule has 0 spiro atoms. The maximum absolute atomic E-state index is 14.2. The number of nitrogens with zero attached hydrogens (tertiary/aromatic N) is 1. The van der Waals surface area contributed by atoms with Crippen LogP contribution in [0.25, 0.3) is 5.76 Å². The van der Waals surface area contributed by atoms with Gasteiger partial charge in [-0.15, -0.1) is 0 Å². The van der Waals surface area contributed by atoms with Crippen molar-refractivity contribution in [3.63, 3.8) is 0 Å². The first kappa shape index (κ1) is 26.7. The summed E-state index contributed by atoms with van der Waals surface area (Å²) in [7, 11) is 3.19. The second-order valence-electron chi connectivity index (χ2n) is 10.5. The van der Waals surface area contributed by atoms with Crippen LogP contribution in [-0.4, -0.2) is 75.5 Å². The molecule has 3 aliphatic rings. The van der Waals surface area contributed by atoms with Crippen LogP contribution in [0.4, 0.5) is 4.79 Å². The van der Waals surface area contributed by atoms with Gasteiger partial charge in [-0.3, -0.25) is 19.3 Å². The van der Waals surface area contributed by atoms with Gasteiger partial charge >= 0.3 is 6.16 Å². The van der Waals surface area contributed by atoms with Gasteiger partial charge in [-0.25, -0.2) is 4.79 Å². The first-order valence-corrected chi connectivity index (χ1v) is 12.7. The zero-order valence-electron chi connectivity index (χ0n) is 21.9. The number of Topliss-reactive ketones (excluding diaryl/α,β-unsaturated/α-hetero) is 2. The third-order valence-electron chi connectivity index (χ3n) is 8.13. The third-order valence-corrected chi connectivity index (χ3v) is 8.13. The van der Waals surface area contributed by atoms with Crippen molar-refractivity contribution in [3.05, 3.63) is 56.6 Å². The predicted molar refractivity (Wildman–Crippen MR) is 134 cm³/mol. The second-order valence-corrected chi connectivity index (χ2v) is 10.5. The van der Waals surface area contributed by atoms with Gasteiger partial charge in [0.1, 0.15) is 23.2 Å². The summed E-state index contributed by atoms with van der Waals surface area (Å²) in [6, 6.07) is 3.50. The maximum Gasteiger partial charge on any atom is 0.508 e. The molecule has 4 N–H and O–H groups in total. The molecule has 1 fully saturated rings. The van der Waals surface area contributed by atoms with Crippen LogP contribution >= 0.6 is 0 Å². The number of rotatable bonds is 5.